The second-order valence-electron chi connectivity index (χ2n) is 4.59. The van der Waals surface area contributed by atoms with Crippen LogP contribution in [0.15, 0.2) is 30.3 Å². The molecule has 1 saturated carbocycles. The van der Waals surface area contributed by atoms with E-state index in [-0.39, 0.29) is 57.3 Å². The Kier molecular flexibility index (Phi) is 6.27. The van der Waals surface area contributed by atoms with Crippen LogP contribution < -0.4 is 51.4 Å². The zero-order valence-electron chi connectivity index (χ0n) is 10.1. The van der Waals surface area contributed by atoms with Gasteiger partial charge in [-0.1, -0.05) is 55.4 Å². The monoisotopic (exact) mass is 266 g/mol. The average Bonchev–Trinajstić information content (AvgIpc) is 2.29. The molecule has 0 saturated heterocycles. The maximum atomic E-state index is 12.9. The molecule has 1 aromatic carbocycles. The first-order chi connectivity index (χ1) is 7.59. The molecular weight excluding hydrogens is 251 g/mol. The fraction of sp³-hybridized carbons (Fsp3) is 0.500. The maximum absolute atomic E-state index is 12.9. The van der Waals surface area contributed by atoms with Crippen molar-refractivity contribution in [3.63, 3.8) is 0 Å². The molecule has 0 spiro atoms. The van der Waals surface area contributed by atoms with E-state index >= 15 is 0 Å². The van der Waals surface area contributed by atoms with E-state index in [4.69, 9.17) is 0 Å². The maximum Gasteiger partial charge on any atom is 1.00 e. The van der Waals surface area contributed by atoms with Crippen LogP contribution in [0.4, 0.5) is 12.9 Å². The molecule has 0 radical (unpaired) electrons. The molecule has 1 fully saturated rings. The molecule has 0 bridgehead atoms. The minimum absolute atomic E-state index is 0. The van der Waals surface area contributed by atoms with Gasteiger partial charge < -0.3 is 12.9 Å². The van der Waals surface area contributed by atoms with E-state index in [1.54, 1.807) is 0 Å². The van der Waals surface area contributed by atoms with Gasteiger partial charge in [0.05, 0.1) is 0 Å². The van der Waals surface area contributed by atoms with Crippen molar-refractivity contribution in [2.75, 3.05) is 0 Å². The van der Waals surface area contributed by atoms with Crippen LogP contribution in [0.3, 0.4) is 0 Å². The Bertz CT molecular complexity index is 339. The Morgan fingerprint density at radius 1 is 0.941 bits per heavy atom. The van der Waals surface area contributed by atoms with Crippen molar-refractivity contribution >= 4 is 6.98 Å². The van der Waals surface area contributed by atoms with Gasteiger partial charge in [-0.2, -0.15) is 0 Å². The van der Waals surface area contributed by atoms with E-state index < -0.39 is 12.8 Å². The first-order valence-corrected chi connectivity index (χ1v) is 5.84. The topological polar surface area (TPSA) is 0 Å². The molecule has 0 unspecified atom stereocenters. The van der Waals surface area contributed by atoms with Gasteiger partial charge in [0, 0.05) is 0 Å². The Labute approximate surface area is 143 Å². The van der Waals surface area contributed by atoms with Crippen molar-refractivity contribution in [1.82, 2.24) is 0 Å². The van der Waals surface area contributed by atoms with Gasteiger partial charge in [-0.15, -0.1) is 0 Å². The molecule has 2 rings (SSSR count). The van der Waals surface area contributed by atoms with Crippen LogP contribution >= 0.6 is 0 Å². The number of hydrogen-bond donors (Lipinski definition) is 0. The Balaban J connectivity index is 0.00000144. The molecule has 0 aliphatic heterocycles. The average molecular weight is 266 g/mol. The van der Waals surface area contributed by atoms with E-state index in [0.717, 1.165) is 18.4 Å². The molecule has 0 N–H and O–H groups in total. The van der Waals surface area contributed by atoms with Crippen LogP contribution in [-0.4, -0.2) is 6.98 Å². The summed E-state index contributed by atoms with van der Waals surface area (Å²) in [6.07, 6.45) is 2.62. The van der Waals surface area contributed by atoms with Crippen molar-refractivity contribution in [3.05, 3.63) is 35.9 Å². The SMILES string of the molecule is F[B-](F)(F)[C@@H]1CCCC[C@H]1c1ccccc1.[K+]. The van der Waals surface area contributed by atoms with Crippen LogP contribution in [-0.2, 0) is 0 Å². The van der Waals surface area contributed by atoms with Crippen molar-refractivity contribution in [3.8, 4) is 0 Å². The van der Waals surface area contributed by atoms with Crippen LogP contribution in [0.1, 0.15) is 37.2 Å². The zero-order valence-corrected chi connectivity index (χ0v) is 13.2. The van der Waals surface area contributed by atoms with Gasteiger partial charge in [-0.25, -0.2) is 0 Å². The van der Waals surface area contributed by atoms with Gasteiger partial charge in [0.1, 0.15) is 0 Å². The van der Waals surface area contributed by atoms with E-state index in [1.807, 2.05) is 30.3 Å². The van der Waals surface area contributed by atoms with E-state index in [9.17, 15) is 12.9 Å². The second-order valence-corrected chi connectivity index (χ2v) is 4.59. The molecule has 17 heavy (non-hydrogen) atoms. The first kappa shape index (κ1) is 15.8. The predicted octanol–water partition coefficient (Wildman–Crippen LogP) is 1.57. The molecule has 1 aliphatic rings. The van der Waals surface area contributed by atoms with Crippen molar-refractivity contribution in [1.29, 1.82) is 0 Å². The summed E-state index contributed by atoms with van der Waals surface area (Å²) in [6.45, 7) is -4.71. The summed E-state index contributed by atoms with van der Waals surface area (Å²) in [7, 11) is 0. The number of rotatable bonds is 2. The molecule has 0 nitrogen and oxygen atoms in total. The smallest absolute Gasteiger partial charge is 0.449 e. The molecule has 1 aromatic rings. The molecule has 0 amide bonds. The summed E-state index contributed by atoms with van der Waals surface area (Å²) in [5.41, 5.74) is 0.853. The molecular formula is C12H15BF3K. The minimum Gasteiger partial charge on any atom is -0.449 e. The molecule has 0 heterocycles. The van der Waals surface area contributed by atoms with Gasteiger partial charge in [-0.3, -0.25) is 0 Å². The summed E-state index contributed by atoms with van der Waals surface area (Å²) in [6, 6.07) is 9.14. The third-order valence-electron chi connectivity index (χ3n) is 3.53. The molecule has 2 atom stereocenters. The number of halogens is 3. The van der Waals surface area contributed by atoms with Gasteiger partial charge in [0.25, 0.3) is 0 Å². The standard InChI is InChI=1S/C12H15BF3.K/c14-13(15,16)12-9-5-4-8-11(12)10-6-2-1-3-7-10;/h1-3,6-7,11-12H,4-5,8-9H2;/q-1;+1/t11-,12+;/m0./s1. The summed E-state index contributed by atoms with van der Waals surface area (Å²) >= 11 is 0. The minimum atomic E-state index is -4.71. The Hall–Kier alpha value is 0.711. The summed E-state index contributed by atoms with van der Waals surface area (Å²) in [5.74, 6) is -1.40. The predicted molar refractivity (Wildman–Crippen MR) is 60.5 cm³/mol. The van der Waals surface area contributed by atoms with E-state index in [0.29, 0.717) is 12.8 Å². The molecule has 88 valence electrons. The quantitative estimate of drug-likeness (QED) is 0.713. The Morgan fingerprint density at radius 2 is 1.53 bits per heavy atom. The van der Waals surface area contributed by atoms with Gasteiger partial charge in [0.2, 0.25) is 0 Å². The molecule has 0 aromatic heterocycles. The number of benzene rings is 1. The second kappa shape index (κ2) is 6.76. The third kappa shape index (κ3) is 4.10. The van der Waals surface area contributed by atoms with E-state index in [1.165, 1.54) is 0 Å². The summed E-state index contributed by atoms with van der Waals surface area (Å²) in [5, 5.41) is 0. The zero-order chi connectivity index (χ0) is 11.6. The van der Waals surface area contributed by atoms with Gasteiger partial charge in [-0.05, 0) is 17.9 Å². The van der Waals surface area contributed by atoms with Crippen LogP contribution in [0.2, 0.25) is 5.82 Å². The fourth-order valence-electron chi connectivity index (χ4n) is 2.73. The summed E-state index contributed by atoms with van der Waals surface area (Å²) < 4.78 is 38.8. The van der Waals surface area contributed by atoms with Crippen LogP contribution in [0.5, 0.6) is 0 Å². The number of hydrogen-bond acceptors (Lipinski definition) is 0. The summed E-state index contributed by atoms with van der Waals surface area (Å²) in [4.78, 5) is 0. The largest absolute Gasteiger partial charge is 1.00 e. The molecule has 5 heteroatoms. The first-order valence-electron chi connectivity index (χ1n) is 5.84. The van der Waals surface area contributed by atoms with Crippen molar-refractivity contribution in [2.45, 2.75) is 37.4 Å². The van der Waals surface area contributed by atoms with Crippen molar-refractivity contribution in [2.24, 2.45) is 0 Å². The van der Waals surface area contributed by atoms with Crippen molar-refractivity contribution < 1.29 is 64.3 Å². The fourth-order valence-corrected chi connectivity index (χ4v) is 2.73. The third-order valence-corrected chi connectivity index (χ3v) is 3.53. The van der Waals surface area contributed by atoms with Crippen LogP contribution in [0, 0.1) is 0 Å². The molecule has 1 aliphatic carbocycles. The van der Waals surface area contributed by atoms with Gasteiger partial charge in [0.15, 0.2) is 0 Å². The van der Waals surface area contributed by atoms with E-state index in [2.05, 4.69) is 0 Å². The van der Waals surface area contributed by atoms with Crippen LogP contribution in [0.25, 0.3) is 0 Å². The Morgan fingerprint density at radius 3 is 2.12 bits per heavy atom. The normalized spacial score (nSPS) is 25.1. The van der Waals surface area contributed by atoms with Gasteiger partial charge >= 0.3 is 58.4 Å².